The molecule has 0 unspecified atom stereocenters. The van der Waals surface area contributed by atoms with Gasteiger partial charge >= 0.3 is 0 Å². The number of fused-ring (bicyclic) bond motifs is 1. The second-order valence-electron chi connectivity index (χ2n) is 2.90. The smallest absolute Gasteiger partial charge is 0.272 e. The number of nitrogen functional groups attached to an aromatic ring is 1. The van der Waals surface area contributed by atoms with Gasteiger partial charge in [0.15, 0.2) is 0 Å². The van der Waals surface area contributed by atoms with Gasteiger partial charge in [-0.1, -0.05) is 0 Å². The van der Waals surface area contributed by atoms with Gasteiger partial charge in [-0.05, 0) is 23.6 Å². The number of alkyl halides is 2. The van der Waals surface area contributed by atoms with E-state index in [0.29, 0.717) is 10.6 Å². The Kier molecular flexibility index (Phi) is 2.36. The molecule has 0 atom stereocenters. The van der Waals surface area contributed by atoms with E-state index in [-0.39, 0.29) is 4.88 Å². The lowest BCUT2D eigenvalue weighted by Crippen LogP contribution is -1.84. The van der Waals surface area contributed by atoms with Crippen molar-refractivity contribution in [2.45, 2.75) is 11.3 Å². The van der Waals surface area contributed by atoms with Crippen LogP contribution in [0.15, 0.2) is 23.1 Å². The maximum absolute atomic E-state index is 12.4. The van der Waals surface area contributed by atoms with Crippen molar-refractivity contribution in [2.75, 3.05) is 5.73 Å². The molecule has 0 saturated carbocycles. The van der Waals surface area contributed by atoms with E-state index in [2.05, 4.69) is 12.6 Å². The predicted molar refractivity (Wildman–Crippen MR) is 58.4 cm³/mol. The number of thiophene rings is 1. The molecule has 14 heavy (non-hydrogen) atoms. The molecule has 0 spiro atoms. The van der Waals surface area contributed by atoms with E-state index in [1.165, 1.54) is 6.07 Å². The molecule has 2 rings (SSSR count). The highest BCUT2D eigenvalue weighted by molar-refractivity contribution is 7.80. The monoisotopic (exact) mass is 231 g/mol. The van der Waals surface area contributed by atoms with Gasteiger partial charge in [0, 0.05) is 15.3 Å². The van der Waals surface area contributed by atoms with E-state index in [1.54, 1.807) is 12.1 Å². The first-order valence-electron chi connectivity index (χ1n) is 3.88. The van der Waals surface area contributed by atoms with Crippen molar-refractivity contribution in [3.05, 3.63) is 23.1 Å². The van der Waals surface area contributed by atoms with Gasteiger partial charge in [0.1, 0.15) is 0 Å². The van der Waals surface area contributed by atoms with Gasteiger partial charge in [0.2, 0.25) is 0 Å². The Morgan fingerprint density at radius 3 is 2.64 bits per heavy atom. The zero-order valence-electron chi connectivity index (χ0n) is 7.00. The van der Waals surface area contributed by atoms with Crippen LogP contribution < -0.4 is 5.73 Å². The molecule has 0 radical (unpaired) electrons. The number of rotatable bonds is 1. The Labute approximate surface area is 88.9 Å². The fourth-order valence-electron chi connectivity index (χ4n) is 1.22. The minimum Gasteiger partial charge on any atom is -0.398 e. The lowest BCUT2D eigenvalue weighted by atomic mass is 10.2. The maximum Gasteiger partial charge on any atom is 0.272 e. The molecule has 0 fully saturated rings. The summed E-state index contributed by atoms with van der Waals surface area (Å²) in [7, 11) is 0. The summed E-state index contributed by atoms with van der Waals surface area (Å²) in [5.41, 5.74) is 6.13. The van der Waals surface area contributed by atoms with Crippen LogP contribution in [0.5, 0.6) is 0 Å². The highest BCUT2D eigenvalue weighted by Crippen LogP contribution is 2.35. The van der Waals surface area contributed by atoms with E-state index in [0.717, 1.165) is 21.4 Å². The van der Waals surface area contributed by atoms with E-state index < -0.39 is 6.43 Å². The normalized spacial score (nSPS) is 11.4. The standard InChI is InChI=1S/C9H7F2NS2/c10-9(11)8-2-4-1-5(12)6(13)3-7(4)14-8/h1-3,9,13H,12H2. The van der Waals surface area contributed by atoms with Crippen LogP contribution in [0.2, 0.25) is 0 Å². The van der Waals surface area contributed by atoms with Crippen LogP contribution in [-0.4, -0.2) is 0 Å². The van der Waals surface area contributed by atoms with Crippen molar-refractivity contribution in [3.63, 3.8) is 0 Å². The second kappa shape index (κ2) is 3.40. The van der Waals surface area contributed by atoms with Gasteiger partial charge < -0.3 is 5.73 Å². The van der Waals surface area contributed by atoms with Crippen LogP contribution in [0.25, 0.3) is 10.1 Å². The third-order valence-corrected chi connectivity index (χ3v) is 3.39. The van der Waals surface area contributed by atoms with Crippen molar-refractivity contribution in [2.24, 2.45) is 0 Å². The van der Waals surface area contributed by atoms with Crippen LogP contribution >= 0.6 is 24.0 Å². The fraction of sp³-hybridized carbons (Fsp3) is 0.111. The van der Waals surface area contributed by atoms with E-state index in [9.17, 15) is 8.78 Å². The van der Waals surface area contributed by atoms with Crippen LogP contribution in [0.3, 0.4) is 0 Å². The average molecular weight is 231 g/mol. The lowest BCUT2D eigenvalue weighted by molar-refractivity contribution is 0.156. The summed E-state index contributed by atoms with van der Waals surface area (Å²) in [6, 6.07) is 4.85. The van der Waals surface area contributed by atoms with Gasteiger partial charge in [-0.15, -0.1) is 24.0 Å². The van der Waals surface area contributed by atoms with Crippen molar-refractivity contribution in [1.29, 1.82) is 0 Å². The summed E-state index contributed by atoms with van der Waals surface area (Å²) in [6.07, 6.45) is -2.42. The Morgan fingerprint density at radius 1 is 1.29 bits per heavy atom. The van der Waals surface area contributed by atoms with Crippen LogP contribution in [0, 0.1) is 0 Å². The van der Waals surface area contributed by atoms with Gasteiger partial charge in [-0.3, -0.25) is 0 Å². The highest BCUT2D eigenvalue weighted by Gasteiger charge is 2.11. The molecule has 1 heterocycles. The molecule has 1 aromatic heterocycles. The summed E-state index contributed by atoms with van der Waals surface area (Å²) in [4.78, 5) is 0.693. The molecule has 0 bridgehead atoms. The summed E-state index contributed by atoms with van der Waals surface area (Å²) >= 11 is 5.20. The SMILES string of the molecule is Nc1cc2cc(C(F)F)sc2cc1S. The summed E-state index contributed by atoms with van der Waals surface area (Å²) in [6.45, 7) is 0. The molecule has 0 amide bonds. The number of nitrogens with two attached hydrogens (primary N) is 1. The third kappa shape index (κ3) is 1.57. The van der Waals surface area contributed by atoms with Crippen molar-refractivity contribution >= 4 is 39.7 Å². The van der Waals surface area contributed by atoms with Crippen molar-refractivity contribution in [1.82, 2.24) is 0 Å². The van der Waals surface area contributed by atoms with E-state index in [4.69, 9.17) is 5.73 Å². The Morgan fingerprint density at radius 2 is 2.00 bits per heavy atom. The predicted octanol–water partition coefficient (Wildman–Crippen LogP) is 3.71. The minimum absolute atomic E-state index is 0.0679. The van der Waals surface area contributed by atoms with Crippen LogP contribution in [-0.2, 0) is 0 Å². The second-order valence-corrected chi connectivity index (χ2v) is 4.50. The molecular weight excluding hydrogens is 224 g/mol. The molecule has 5 heteroatoms. The topological polar surface area (TPSA) is 26.0 Å². The Balaban J connectivity index is 2.66. The Hall–Kier alpha value is -0.810. The quantitative estimate of drug-likeness (QED) is 0.568. The molecule has 1 aromatic carbocycles. The number of anilines is 1. The number of hydrogen-bond donors (Lipinski definition) is 2. The first-order valence-corrected chi connectivity index (χ1v) is 5.14. The first-order chi connectivity index (χ1) is 6.58. The van der Waals surface area contributed by atoms with Gasteiger partial charge in [0.05, 0.1) is 4.88 Å². The van der Waals surface area contributed by atoms with E-state index in [1.807, 2.05) is 0 Å². The highest BCUT2D eigenvalue weighted by atomic mass is 32.1. The molecule has 0 aliphatic carbocycles. The molecule has 0 saturated heterocycles. The zero-order chi connectivity index (χ0) is 10.3. The summed E-state index contributed by atoms with van der Waals surface area (Å²) in [5, 5.41) is 0.751. The third-order valence-electron chi connectivity index (χ3n) is 1.90. The molecule has 1 nitrogen and oxygen atoms in total. The largest absolute Gasteiger partial charge is 0.398 e. The average Bonchev–Trinajstić information content (AvgIpc) is 2.48. The number of thiol groups is 1. The summed E-state index contributed by atoms with van der Waals surface area (Å²) < 4.78 is 25.5. The van der Waals surface area contributed by atoms with Gasteiger partial charge in [-0.25, -0.2) is 8.78 Å². The van der Waals surface area contributed by atoms with Gasteiger partial charge in [-0.2, -0.15) is 0 Å². The zero-order valence-corrected chi connectivity index (χ0v) is 8.71. The summed E-state index contributed by atoms with van der Waals surface area (Å²) in [5.74, 6) is 0. The maximum atomic E-state index is 12.4. The van der Waals surface area contributed by atoms with Crippen molar-refractivity contribution < 1.29 is 8.78 Å². The van der Waals surface area contributed by atoms with Crippen molar-refractivity contribution in [3.8, 4) is 0 Å². The molecule has 0 aliphatic heterocycles. The van der Waals surface area contributed by atoms with Crippen LogP contribution in [0.4, 0.5) is 14.5 Å². The van der Waals surface area contributed by atoms with Crippen LogP contribution in [0.1, 0.15) is 11.3 Å². The Bertz CT molecular complexity index is 440. The number of halogens is 2. The number of benzene rings is 1. The molecular formula is C9H7F2NS2. The molecule has 74 valence electrons. The van der Waals surface area contributed by atoms with E-state index >= 15 is 0 Å². The lowest BCUT2D eigenvalue weighted by Gasteiger charge is -1.97. The molecule has 2 N–H and O–H groups in total. The number of hydrogen-bond acceptors (Lipinski definition) is 3. The molecule has 0 aliphatic rings. The first kappa shape index (κ1) is 9.73. The van der Waals surface area contributed by atoms with Gasteiger partial charge in [0.25, 0.3) is 6.43 Å². The fourth-order valence-corrected chi connectivity index (χ4v) is 2.44. The molecule has 2 aromatic rings. The minimum atomic E-state index is -2.42.